The number of aromatic nitrogens is 1. The molecule has 0 aliphatic rings. The number of hydrogen-bond donors (Lipinski definition) is 0. The van der Waals surface area contributed by atoms with Crippen LogP contribution in [0.4, 0.5) is 0 Å². The molecule has 4 nitrogen and oxygen atoms in total. The van der Waals surface area contributed by atoms with Gasteiger partial charge in [-0.1, -0.05) is 13.3 Å². The van der Waals surface area contributed by atoms with Crippen molar-refractivity contribution >= 4 is 5.91 Å². The molecular weight excluding hydrogens is 180 g/mol. The molecule has 0 spiro atoms. The predicted molar refractivity (Wildman–Crippen MR) is 53.1 cm³/mol. The maximum absolute atomic E-state index is 11.6. The van der Waals surface area contributed by atoms with Gasteiger partial charge in [-0.15, -0.1) is 0 Å². The molecule has 0 saturated heterocycles. The fraction of sp³-hybridized carbons (Fsp3) is 0.600. The van der Waals surface area contributed by atoms with Crippen molar-refractivity contribution in [1.29, 1.82) is 0 Å². The zero-order chi connectivity index (χ0) is 10.6. The summed E-state index contributed by atoms with van der Waals surface area (Å²) in [6.45, 7) is 4.61. The van der Waals surface area contributed by atoms with Crippen LogP contribution in [0.25, 0.3) is 0 Å². The van der Waals surface area contributed by atoms with Crippen LogP contribution in [0.15, 0.2) is 10.6 Å². The van der Waals surface area contributed by atoms with Gasteiger partial charge < -0.3 is 9.32 Å². The summed E-state index contributed by atoms with van der Waals surface area (Å²) in [4.78, 5) is 17.2. The Kier molecular flexibility index (Phi) is 3.68. The van der Waals surface area contributed by atoms with Crippen molar-refractivity contribution in [2.24, 2.45) is 0 Å². The van der Waals surface area contributed by atoms with E-state index in [0.717, 1.165) is 19.4 Å². The quantitative estimate of drug-likeness (QED) is 0.738. The van der Waals surface area contributed by atoms with E-state index >= 15 is 0 Å². The van der Waals surface area contributed by atoms with Crippen LogP contribution in [0.3, 0.4) is 0 Å². The highest BCUT2D eigenvalue weighted by atomic mass is 16.4. The van der Waals surface area contributed by atoms with Crippen molar-refractivity contribution in [2.45, 2.75) is 26.7 Å². The van der Waals surface area contributed by atoms with E-state index in [-0.39, 0.29) is 11.8 Å². The minimum Gasteiger partial charge on any atom is -0.438 e. The molecule has 0 aliphatic carbocycles. The number of oxazole rings is 1. The monoisotopic (exact) mass is 196 g/mol. The highest BCUT2D eigenvalue weighted by Gasteiger charge is 2.16. The normalized spacial score (nSPS) is 10.2. The van der Waals surface area contributed by atoms with Crippen LogP contribution in [0.5, 0.6) is 0 Å². The van der Waals surface area contributed by atoms with Gasteiger partial charge in [-0.3, -0.25) is 4.79 Å². The molecule has 0 saturated carbocycles. The fourth-order valence-electron chi connectivity index (χ4n) is 1.11. The van der Waals surface area contributed by atoms with Crippen molar-refractivity contribution < 1.29 is 9.21 Å². The molecule has 0 bridgehead atoms. The van der Waals surface area contributed by atoms with E-state index in [2.05, 4.69) is 11.9 Å². The molecular formula is C10H16N2O2. The van der Waals surface area contributed by atoms with Gasteiger partial charge >= 0.3 is 5.91 Å². The number of unbranched alkanes of at least 4 members (excludes halogenated alkanes) is 1. The minimum absolute atomic E-state index is 0.147. The molecule has 1 heterocycles. The van der Waals surface area contributed by atoms with Gasteiger partial charge in [-0.25, -0.2) is 4.98 Å². The van der Waals surface area contributed by atoms with Crippen LogP contribution >= 0.6 is 0 Å². The standard InChI is InChI=1S/C10H16N2O2/c1-4-5-6-12(3)10(13)9-11-7-8(2)14-9/h7H,4-6H2,1-3H3. The number of nitrogens with zero attached hydrogens (tertiary/aromatic N) is 2. The molecule has 1 rings (SSSR count). The van der Waals surface area contributed by atoms with Crippen molar-refractivity contribution in [3.63, 3.8) is 0 Å². The molecule has 0 unspecified atom stereocenters. The topological polar surface area (TPSA) is 46.3 Å². The Morgan fingerprint density at radius 1 is 1.64 bits per heavy atom. The summed E-state index contributed by atoms with van der Waals surface area (Å²) in [6, 6.07) is 0. The summed E-state index contributed by atoms with van der Waals surface area (Å²) >= 11 is 0. The van der Waals surface area contributed by atoms with Gasteiger partial charge in [0.1, 0.15) is 5.76 Å². The molecule has 0 N–H and O–H groups in total. The molecule has 0 aromatic carbocycles. The fourth-order valence-corrected chi connectivity index (χ4v) is 1.11. The van der Waals surface area contributed by atoms with Crippen molar-refractivity contribution in [3.8, 4) is 0 Å². The first-order chi connectivity index (χ1) is 6.65. The van der Waals surface area contributed by atoms with E-state index < -0.39 is 0 Å². The van der Waals surface area contributed by atoms with Gasteiger partial charge in [0.05, 0.1) is 6.20 Å². The maximum Gasteiger partial charge on any atom is 0.309 e. The highest BCUT2D eigenvalue weighted by Crippen LogP contribution is 2.05. The second-order valence-corrected chi connectivity index (χ2v) is 3.36. The third kappa shape index (κ3) is 2.58. The zero-order valence-electron chi connectivity index (χ0n) is 8.91. The first-order valence-electron chi connectivity index (χ1n) is 4.83. The largest absolute Gasteiger partial charge is 0.438 e. The maximum atomic E-state index is 11.6. The molecule has 0 atom stereocenters. The van der Waals surface area contributed by atoms with Crippen molar-refractivity contribution in [3.05, 3.63) is 17.8 Å². The van der Waals surface area contributed by atoms with Gasteiger partial charge in [0.15, 0.2) is 0 Å². The number of hydrogen-bond acceptors (Lipinski definition) is 3. The summed E-state index contributed by atoms with van der Waals surface area (Å²) in [6.07, 6.45) is 3.63. The second kappa shape index (κ2) is 4.79. The average molecular weight is 196 g/mol. The molecule has 1 amide bonds. The van der Waals surface area contributed by atoms with E-state index in [4.69, 9.17) is 4.42 Å². The van der Waals surface area contributed by atoms with Crippen LogP contribution in [-0.2, 0) is 0 Å². The van der Waals surface area contributed by atoms with E-state index in [0.29, 0.717) is 5.76 Å². The third-order valence-corrected chi connectivity index (χ3v) is 2.00. The Morgan fingerprint density at radius 2 is 2.36 bits per heavy atom. The Balaban J connectivity index is 2.56. The Hall–Kier alpha value is -1.32. The van der Waals surface area contributed by atoms with E-state index in [1.165, 1.54) is 0 Å². The van der Waals surface area contributed by atoms with Crippen molar-refractivity contribution in [2.75, 3.05) is 13.6 Å². The van der Waals surface area contributed by atoms with Crippen molar-refractivity contribution in [1.82, 2.24) is 9.88 Å². The molecule has 4 heteroatoms. The van der Waals surface area contributed by atoms with Gasteiger partial charge in [0.25, 0.3) is 5.89 Å². The molecule has 0 radical (unpaired) electrons. The lowest BCUT2D eigenvalue weighted by Gasteiger charge is -2.13. The smallest absolute Gasteiger partial charge is 0.309 e. The Morgan fingerprint density at radius 3 is 2.86 bits per heavy atom. The number of carbonyl (C=O) groups excluding carboxylic acids is 1. The lowest BCUT2D eigenvalue weighted by molar-refractivity contribution is 0.0752. The SMILES string of the molecule is CCCCN(C)C(=O)c1ncc(C)o1. The summed E-state index contributed by atoms with van der Waals surface area (Å²) < 4.78 is 5.14. The lowest BCUT2D eigenvalue weighted by atomic mass is 10.3. The van der Waals surface area contributed by atoms with Gasteiger partial charge in [-0.2, -0.15) is 0 Å². The lowest BCUT2D eigenvalue weighted by Crippen LogP contribution is -2.27. The molecule has 0 aliphatic heterocycles. The van der Waals surface area contributed by atoms with Gasteiger partial charge in [0, 0.05) is 13.6 Å². The average Bonchev–Trinajstić information content (AvgIpc) is 2.60. The number of rotatable bonds is 4. The summed E-state index contributed by atoms with van der Waals surface area (Å²) in [7, 11) is 1.76. The van der Waals surface area contributed by atoms with Crippen LogP contribution in [0, 0.1) is 6.92 Å². The van der Waals surface area contributed by atoms with Gasteiger partial charge in [-0.05, 0) is 13.3 Å². The second-order valence-electron chi connectivity index (χ2n) is 3.36. The van der Waals surface area contributed by atoms with Crippen LogP contribution in [0.1, 0.15) is 36.2 Å². The minimum atomic E-state index is -0.147. The number of aryl methyl sites for hydroxylation is 1. The molecule has 1 aromatic heterocycles. The molecule has 78 valence electrons. The third-order valence-electron chi connectivity index (χ3n) is 2.00. The van der Waals surface area contributed by atoms with E-state index in [9.17, 15) is 4.79 Å². The Bertz CT molecular complexity index is 307. The zero-order valence-corrected chi connectivity index (χ0v) is 8.91. The summed E-state index contributed by atoms with van der Waals surface area (Å²) in [5.41, 5.74) is 0. The number of amides is 1. The first kappa shape index (κ1) is 10.8. The molecule has 0 fully saturated rings. The van der Waals surface area contributed by atoms with E-state index in [1.807, 2.05) is 0 Å². The predicted octanol–water partition coefficient (Wildman–Crippen LogP) is 1.86. The van der Waals surface area contributed by atoms with E-state index in [1.54, 1.807) is 25.1 Å². The van der Waals surface area contributed by atoms with Crippen LogP contribution < -0.4 is 0 Å². The Labute approximate surface area is 83.9 Å². The molecule has 1 aromatic rings. The van der Waals surface area contributed by atoms with Crippen LogP contribution in [0.2, 0.25) is 0 Å². The highest BCUT2D eigenvalue weighted by molar-refractivity contribution is 5.89. The van der Waals surface area contributed by atoms with Crippen LogP contribution in [-0.4, -0.2) is 29.4 Å². The summed E-state index contributed by atoms with van der Waals surface area (Å²) in [5.74, 6) is 0.699. The van der Waals surface area contributed by atoms with Gasteiger partial charge in [0.2, 0.25) is 0 Å². The first-order valence-corrected chi connectivity index (χ1v) is 4.83. The number of carbonyl (C=O) groups is 1. The molecule has 14 heavy (non-hydrogen) atoms. The summed E-state index contributed by atoms with van der Waals surface area (Å²) in [5, 5.41) is 0.